The van der Waals surface area contributed by atoms with E-state index in [4.69, 9.17) is 9.26 Å². The molecule has 26 heavy (non-hydrogen) atoms. The van der Waals surface area contributed by atoms with Crippen LogP contribution < -0.4 is 11.2 Å². The predicted molar refractivity (Wildman–Crippen MR) is 83.5 cm³/mol. The Morgan fingerprint density at radius 1 is 1.38 bits per heavy atom. The number of aromatic amines is 1. The Balaban J connectivity index is 2.32. The number of hydrogen-bond donors (Lipinski definition) is 3. The van der Waals surface area contributed by atoms with Crippen LogP contribution in [0.3, 0.4) is 0 Å². The van der Waals surface area contributed by atoms with Gasteiger partial charge in [0.15, 0.2) is 12.4 Å². The lowest BCUT2D eigenvalue weighted by Gasteiger charge is -2.21. The van der Waals surface area contributed by atoms with Crippen LogP contribution >= 0.6 is 15.4 Å². The summed E-state index contributed by atoms with van der Waals surface area (Å²) in [5.41, 5.74) is -1.72. The highest BCUT2D eigenvalue weighted by atomic mass is 31.2. The van der Waals surface area contributed by atoms with Gasteiger partial charge >= 0.3 is 21.1 Å². The van der Waals surface area contributed by atoms with E-state index in [1.54, 1.807) is 0 Å². The molecule has 3 N–H and O–H groups in total. The second-order valence-electron chi connectivity index (χ2n) is 5.35. The van der Waals surface area contributed by atoms with Crippen LogP contribution in [0.5, 0.6) is 0 Å². The number of nitrogens with one attached hydrogen (secondary N) is 1. The average Bonchev–Trinajstić information content (AvgIpc) is 2.81. The Labute approximate surface area is 145 Å². The number of ether oxygens (including phenoxy) is 1. The highest BCUT2D eigenvalue weighted by Gasteiger charge is 2.50. The van der Waals surface area contributed by atoms with Crippen molar-refractivity contribution in [3.63, 3.8) is 0 Å². The van der Waals surface area contributed by atoms with Gasteiger partial charge in [-0.3, -0.25) is 28.0 Å². The van der Waals surface area contributed by atoms with E-state index in [2.05, 4.69) is 9.05 Å². The van der Waals surface area contributed by atoms with E-state index >= 15 is 0 Å². The molecule has 2 heterocycles. The molecule has 1 saturated heterocycles. The monoisotopic (exact) mass is 418 g/mol. The van der Waals surface area contributed by atoms with Crippen LogP contribution in [-0.2, 0) is 27.4 Å². The summed E-state index contributed by atoms with van der Waals surface area (Å²) in [4.78, 5) is 43.4. The number of hydrogen-bond acceptors (Lipinski definition) is 8. The summed E-state index contributed by atoms with van der Waals surface area (Å²) in [6, 6.07) is 0.942. The Bertz CT molecular complexity index is 850. The Morgan fingerprint density at radius 3 is 2.58 bits per heavy atom. The van der Waals surface area contributed by atoms with Gasteiger partial charge in [-0.25, -0.2) is 13.8 Å². The quantitative estimate of drug-likeness (QED) is 0.502. The molecular weight excluding hydrogens is 401 g/mol. The summed E-state index contributed by atoms with van der Waals surface area (Å²) in [6.07, 6.45) is -6.04. The second kappa shape index (κ2) is 7.83. The lowest BCUT2D eigenvalue weighted by Crippen LogP contribution is -2.36. The van der Waals surface area contributed by atoms with Crippen LogP contribution in [0.25, 0.3) is 0 Å². The highest BCUT2D eigenvalue weighted by Crippen LogP contribution is 2.49. The molecule has 0 spiro atoms. The van der Waals surface area contributed by atoms with Crippen molar-refractivity contribution in [2.45, 2.75) is 24.6 Å². The van der Waals surface area contributed by atoms with Crippen molar-refractivity contribution in [1.29, 1.82) is 0 Å². The van der Waals surface area contributed by atoms with Gasteiger partial charge in [0.2, 0.25) is 0 Å². The fourth-order valence-electron chi connectivity index (χ4n) is 2.21. The van der Waals surface area contributed by atoms with Gasteiger partial charge < -0.3 is 19.0 Å². The number of aromatic nitrogens is 2. The Hall–Kier alpha value is -1.17. The lowest BCUT2D eigenvalue weighted by molar-refractivity contribution is -0.0457. The molecule has 3 unspecified atom stereocenters. The van der Waals surface area contributed by atoms with Crippen molar-refractivity contribution in [3.8, 4) is 0 Å². The Kier molecular flexibility index (Phi) is 6.36. The van der Waals surface area contributed by atoms with Crippen molar-refractivity contribution in [2.24, 2.45) is 0 Å². The normalized spacial score (nSPS) is 30.7. The predicted octanol–water partition coefficient (Wildman–Crippen LogP) is -0.264. The van der Waals surface area contributed by atoms with E-state index < -0.39 is 57.9 Å². The molecule has 6 atom stereocenters. The first-order chi connectivity index (χ1) is 11.9. The lowest BCUT2D eigenvalue weighted by atomic mass is 10.1. The zero-order chi connectivity index (χ0) is 19.7. The molecule has 1 aromatic heterocycles. The standard InChI is InChI=1S/C11H17FN2O10P2/c1-21-26(19,20)24-9-6(5-22-25(2,17)18)23-10(8(9)12)14-4-3-7(15)13-11(14)16/h3-4,6,8-10H,5H2,1-2H3,(H,17,18)(H,19,20)(H,13,15,16)/t6-,8+,9?,10-/m1/s1. The molecule has 1 fully saturated rings. The molecule has 0 amide bonds. The van der Waals surface area contributed by atoms with Crippen molar-refractivity contribution < 1.29 is 41.6 Å². The fraction of sp³-hybridized carbons (Fsp3) is 0.636. The zero-order valence-electron chi connectivity index (χ0n) is 13.6. The number of halogens is 1. The van der Waals surface area contributed by atoms with Crippen LogP contribution in [0.15, 0.2) is 21.9 Å². The number of rotatable bonds is 7. The fourth-order valence-corrected chi connectivity index (χ4v) is 3.28. The van der Waals surface area contributed by atoms with Crippen LogP contribution in [0, 0.1) is 0 Å². The maximum Gasteiger partial charge on any atom is 0.472 e. The molecule has 148 valence electrons. The third-order valence-corrected chi connectivity index (χ3v) is 4.96. The maximum atomic E-state index is 14.8. The number of alkyl halides is 1. The highest BCUT2D eigenvalue weighted by molar-refractivity contribution is 7.51. The van der Waals surface area contributed by atoms with Crippen LogP contribution in [-0.4, -0.2) is 58.1 Å². The zero-order valence-corrected chi connectivity index (χ0v) is 15.3. The van der Waals surface area contributed by atoms with Gasteiger partial charge in [0, 0.05) is 26.0 Å². The molecular formula is C11H17FN2O10P2. The van der Waals surface area contributed by atoms with Gasteiger partial charge in [-0.2, -0.15) is 0 Å². The van der Waals surface area contributed by atoms with Gasteiger partial charge in [-0.05, 0) is 0 Å². The Morgan fingerprint density at radius 2 is 2.04 bits per heavy atom. The molecule has 2 rings (SSSR count). The van der Waals surface area contributed by atoms with Crippen LogP contribution in [0.2, 0.25) is 0 Å². The van der Waals surface area contributed by atoms with Crippen molar-refractivity contribution >= 4 is 15.4 Å². The summed E-state index contributed by atoms with van der Waals surface area (Å²) in [6.45, 7) is 0.203. The first kappa shape index (κ1) is 21.1. The van der Waals surface area contributed by atoms with E-state index in [-0.39, 0.29) is 0 Å². The molecule has 1 aromatic rings. The van der Waals surface area contributed by atoms with E-state index in [0.717, 1.165) is 26.0 Å². The van der Waals surface area contributed by atoms with Crippen molar-refractivity contribution in [3.05, 3.63) is 33.1 Å². The summed E-state index contributed by atoms with van der Waals surface area (Å²) >= 11 is 0. The third-order valence-electron chi connectivity index (χ3n) is 3.36. The summed E-state index contributed by atoms with van der Waals surface area (Å²) in [7, 11) is -7.76. The topological polar surface area (TPSA) is 166 Å². The molecule has 0 aromatic carbocycles. The molecule has 0 radical (unpaired) electrons. The molecule has 1 aliphatic rings. The van der Waals surface area contributed by atoms with Crippen molar-refractivity contribution in [2.75, 3.05) is 20.4 Å². The van der Waals surface area contributed by atoms with Crippen molar-refractivity contribution in [1.82, 2.24) is 9.55 Å². The maximum absolute atomic E-state index is 14.8. The van der Waals surface area contributed by atoms with Crippen LogP contribution in [0.1, 0.15) is 6.23 Å². The minimum Gasteiger partial charge on any atom is -0.346 e. The first-order valence-corrected chi connectivity index (χ1v) is 10.6. The first-order valence-electron chi connectivity index (χ1n) is 7.06. The van der Waals surface area contributed by atoms with Gasteiger partial charge in [-0.15, -0.1) is 0 Å². The number of nitrogens with zero attached hydrogens (tertiary/aromatic N) is 1. The number of phosphoric ester groups is 1. The van der Waals surface area contributed by atoms with Gasteiger partial charge in [0.1, 0.15) is 12.2 Å². The molecule has 12 nitrogen and oxygen atoms in total. The minimum absolute atomic E-state index is 0.673. The van der Waals surface area contributed by atoms with Gasteiger partial charge in [0.25, 0.3) is 5.56 Å². The minimum atomic E-state index is -4.65. The largest absolute Gasteiger partial charge is 0.472 e. The summed E-state index contributed by atoms with van der Waals surface area (Å²) in [5.74, 6) is 0. The summed E-state index contributed by atoms with van der Waals surface area (Å²) < 4.78 is 57.2. The van der Waals surface area contributed by atoms with E-state index in [9.17, 15) is 32.9 Å². The third kappa shape index (κ3) is 5.18. The van der Waals surface area contributed by atoms with E-state index in [1.807, 2.05) is 4.98 Å². The van der Waals surface area contributed by atoms with E-state index in [1.165, 1.54) is 0 Å². The summed E-state index contributed by atoms with van der Waals surface area (Å²) in [5, 5.41) is 0. The number of phosphoric acid groups is 1. The van der Waals surface area contributed by atoms with Gasteiger partial charge in [-0.1, -0.05) is 0 Å². The van der Waals surface area contributed by atoms with Gasteiger partial charge in [0.05, 0.1) is 6.61 Å². The molecule has 15 heteroatoms. The molecule has 0 saturated carbocycles. The SMILES string of the molecule is COP(=O)(O)OC1[C@@H](COP(C)(=O)O)O[C@@H](n2ccc(=O)[nH]c2=O)[C@H]1F. The smallest absolute Gasteiger partial charge is 0.346 e. The molecule has 0 bridgehead atoms. The molecule has 0 aliphatic carbocycles. The molecule has 1 aliphatic heterocycles. The number of H-pyrrole nitrogens is 1. The van der Waals surface area contributed by atoms with Crippen LogP contribution in [0.4, 0.5) is 4.39 Å². The van der Waals surface area contributed by atoms with E-state index in [0.29, 0.717) is 4.57 Å². The average molecular weight is 418 g/mol. The second-order valence-corrected chi connectivity index (χ2v) is 8.72.